The van der Waals surface area contributed by atoms with E-state index >= 15 is 0 Å². The van der Waals surface area contributed by atoms with Crippen LogP contribution in [0.1, 0.15) is 28.8 Å². The molecular formula is C23H24FN3O2. The molecule has 0 atom stereocenters. The van der Waals surface area contributed by atoms with Gasteiger partial charge >= 0.3 is 5.97 Å². The molecule has 0 aliphatic carbocycles. The number of likely N-dealkylation sites (tertiary alicyclic amines) is 1. The van der Waals surface area contributed by atoms with E-state index < -0.39 is 5.97 Å². The summed E-state index contributed by atoms with van der Waals surface area (Å²) >= 11 is 0. The van der Waals surface area contributed by atoms with E-state index in [1.165, 1.54) is 12.1 Å². The smallest absolute Gasteiger partial charge is 0.336 e. The van der Waals surface area contributed by atoms with E-state index in [1.54, 1.807) is 12.1 Å². The first kappa shape index (κ1) is 19.3. The zero-order valence-electron chi connectivity index (χ0n) is 16.1. The molecule has 0 unspecified atom stereocenters. The van der Waals surface area contributed by atoms with Crippen molar-refractivity contribution in [3.63, 3.8) is 0 Å². The lowest BCUT2D eigenvalue weighted by atomic mass is 9.96. The Labute approximate surface area is 169 Å². The van der Waals surface area contributed by atoms with E-state index in [0.29, 0.717) is 22.6 Å². The van der Waals surface area contributed by atoms with Crippen LogP contribution in [0, 0.1) is 11.7 Å². The number of carboxylic acid groups (broad SMARTS) is 1. The molecule has 0 saturated carbocycles. The molecule has 150 valence electrons. The summed E-state index contributed by atoms with van der Waals surface area (Å²) in [7, 11) is 0. The molecule has 1 saturated heterocycles. The number of anilines is 1. The minimum Gasteiger partial charge on any atom is -0.478 e. The number of hydrogen-bond acceptors (Lipinski definition) is 4. The second-order valence-electron chi connectivity index (χ2n) is 7.60. The standard InChI is InChI=1S/C23H24FN3O2/c24-18-7-5-17(6-8-18)15-27-11-9-16(10-12-27)14-25-22-13-20(23(28)29)19-3-1-2-4-21(19)26-22/h1-8,13,16H,9-12,14-15H2,(H,25,26)(H,28,29). The van der Waals surface area contributed by atoms with Gasteiger partial charge in [0.05, 0.1) is 11.1 Å². The van der Waals surface area contributed by atoms with Crippen molar-refractivity contribution in [1.82, 2.24) is 9.88 Å². The molecule has 2 aromatic carbocycles. The van der Waals surface area contributed by atoms with Gasteiger partial charge in [-0.1, -0.05) is 30.3 Å². The number of rotatable bonds is 6. The lowest BCUT2D eigenvalue weighted by Gasteiger charge is -2.32. The third-order valence-electron chi connectivity index (χ3n) is 5.55. The monoisotopic (exact) mass is 393 g/mol. The topological polar surface area (TPSA) is 65.5 Å². The van der Waals surface area contributed by atoms with Crippen LogP contribution in [0.4, 0.5) is 10.2 Å². The highest BCUT2D eigenvalue weighted by molar-refractivity contribution is 6.03. The number of aromatic nitrogens is 1. The first-order chi connectivity index (χ1) is 14.1. The number of carbonyl (C=O) groups is 1. The van der Waals surface area contributed by atoms with Gasteiger partial charge < -0.3 is 10.4 Å². The number of aromatic carboxylic acids is 1. The number of fused-ring (bicyclic) bond motifs is 1. The molecule has 0 radical (unpaired) electrons. The van der Waals surface area contributed by atoms with Crippen LogP contribution in [0.5, 0.6) is 0 Å². The van der Waals surface area contributed by atoms with Crippen molar-refractivity contribution in [2.24, 2.45) is 5.92 Å². The SMILES string of the molecule is O=C(O)c1cc(NCC2CCN(Cc3ccc(F)cc3)CC2)nc2ccccc12. The maximum atomic E-state index is 13.0. The van der Waals surface area contributed by atoms with Crippen LogP contribution in [0.25, 0.3) is 10.9 Å². The molecule has 2 heterocycles. The van der Waals surface area contributed by atoms with E-state index in [2.05, 4.69) is 15.2 Å². The summed E-state index contributed by atoms with van der Waals surface area (Å²) in [6.07, 6.45) is 2.13. The summed E-state index contributed by atoms with van der Waals surface area (Å²) < 4.78 is 13.0. The minimum atomic E-state index is -0.944. The van der Waals surface area contributed by atoms with E-state index in [4.69, 9.17) is 0 Å². The Morgan fingerprint density at radius 1 is 1.14 bits per heavy atom. The Morgan fingerprint density at radius 2 is 1.86 bits per heavy atom. The van der Waals surface area contributed by atoms with Gasteiger partial charge in [0.2, 0.25) is 0 Å². The first-order valence-electron chi connectivity index (χ1n) is 9.92. The quantitative estimate of drug-likeness (QED) is 0.650. The predicted octanol–water partition coefficient (Wildman–Crippen LogP) is 4.40. The van der Waals surface area contributed by atoms with Crippen molar-refractivity contribution in [3.8, 4) is 0 Å². The third kappa shape index (κ3) is 4.71. The minimum absolute atomic E-state index is 0.202. The second-order valence-corrected chi connectivity index (χ2v) is 7.60. The van der Waals surface area contributed by atoms with Gasteiger partial charge in [-0.15, -0.1) is 0 Å². The van der Waals surface area contributed by atoms with Crippen LogP contribution in [-0.4, -0.2) is 40.6 Å². The average Bonchev–Trinajstić information content (AvgIpc) is 2.74. The van der Waals surface area contributed by atoms with Crippen molar-refractivity contribution in [3.05, 3.63) is 71.5 Å². The summed E-state index contributed by atoms with van der Waals surface area (Å²) in [6, 6.07) is 15.6. The summed E-state index contributed by atoms with van der Waals surface area (Å²) in [5, 5.41) is 13.5. The van der Waals surface area contributed by atoms with Crippen LogP contribution >= 0.6 is 0 Å². The van der Waals surface area contributed by atoms with Gasteiger partial charge in [-0.25, -0.2) is 14.2 Å². The molecule has 1 aliphatic rings. The average molecular weight is 393 g/mol. The normalized spacial score (nSPS) is 15.5. The molecule has 0 amide bonds. The highest BCUT2D eigenvalue weighted by atomic mass is 19.1. The van der Waals surface area contributed by atoms with E-state index in [1.807, 2.05) is 30.3 Å². The summed E-state index contributed by atoms with van der Waals surface area (Å²) in [5.41, 5.74) is 2.08. The number of carboxylic acids is 1. The van der Waals surface area contributed by atoms with E-state index in [0.717, 1.165) is 44.6 Å². The Kier molecular flexibility index (Phi) is 5.71. The predicted molar refractivity (Wildman–Crippen MR) is 112 cm³/mol. The zero-order valence-corrected chi connectivity index (χ0v) is 16.1. The number of pyridine rings is 1. The Bertz CT molecular complexity index is 999. The lowest BCUT2D eigenvalue weighted by Crippen LogP contribution is -2.35. The fourth-order valence-electron chi connectivity index (χ4n) is 3.89. The molecule has 0 bridgehead atoms. The summed E-state index contributed by atoms with van der Waals surface area (Å²) in [4.78, 5) is 18.6. The first-order valence-corrected chi connectivity index (χ1v) is 9.92. The number of halogens is 1. The highest BCUT2D eigenvalue weighted by Gasteiger charge is 2.20. The van der Waals surface area contributed by atoms with Gasteiger partial charge in [0.25, 0.3) is 0 Å². The number of piperidine rings is 1. The second kappa shape index (κ2) is 8.57. The van der Waals surface area contributed by atoms with Crippen LogP contribution in [0.2, 0.25) is 0 Å². The summed E-state index contributed by atoms with van der Waals surface area (Å²) in [6.45, 7) is 3.61. The Balaban J connectivity index is 1.33. The van der Waals surface area contributed by atoms with Gasteiger partial charge in [0.15, 0.2) is 0 Å². The number of nitrogens with one attached hydrogen (secondary N) is 1. The fraction of sp³-hybridized carbons (Fsp3) is 0.304. The fourth-order valence-corrected chi connectivity index (χ4v) is 3.89. The largest absolute Gasteiger partial charge is 0.478 e. The van der Waals surface area contributed by atoms with Crippen LogP contribution in [0.3, 0.4) is 0 Å². The summed E-state index contributed by atoms with van der Waals surface area (Å²) in [5.74, 6) is -0.0245. The molecule has 4 rings (SSSR count). The van der Waals surface area contributed by atoms with Crippen molar-refractivity contribution in [1.29, 1.82) is 0 Å². The van der Waals surface area contributed by atoms with Crippen LogP contribution in [0.15, 0.2) is 54.6 Å². The Morgan fingerprint density at radius 3 is 2.59 bits per heavy atom. The number of para-hydroxylation sites is 1. The zero-order chi connectivity index (χ0) is 20.2. The number of benzene rings is 2. The number of hydrogen-bond donors (Lipinski definition) is 2. The molecule has 1 fully saturated rings. The highest BCUT2D eigenvalue weighted by Crippen LogP contribution is 2.23. The Hall–Kier alpha value is -2.99. The molecule has 1 aliphatic heterocycles. The molecule has 3 aromatic rings. The van der Waals surface area contributed by atoms with Gasteiger partial charge in [-0.2, -0.15) is 0 Å². The van der Waals surface area contributed by atoms with Crippen LogP contribution in [-0.2, 0) is 6.54 Å². The molecule has 0 spiro atoms. The molecule has 5 nitrogen and oxygen atoms in total. The van der Waals surface area contributed by atoms with Crippen LogP contribution < -0.4 is 5.32 Å². The van der Waals surface area contributed by atoms with Gasteiger partial charge in [-0.05, 0) is 61.7 Å². The van der Waals surface area contributed by atoms with Crippen molar-refractivity contribution >= 4 is 22.7 Å². The lowest BCUT2D eigenvalue weighted by molar-refractivity contribution is 0.0699. The molecule has 6 heteroatoms. The molecule has 29 heavy (non-hydrogen) atoms. The van der Waals surface area contributed by atoms with Gasteiger partial charge in [0.1, 0.15) is 11.6 Å². The van der Waals surface area contributed by atoms with Gasteiger partial charge in [-0.3, -0.25) is 4.90 Å². The maximum Gasteiger partial charge on any atom is 0.336 e. The molecular weight excluding hydrogens is 369 g/mol. The van der Waals surface area contributed by atoms with Crippen molar-refractivity contribution in [2.75, 3.05) is 25.0 Å². The number of nitrogens with zero attached hydrogens (tertiary/aromatic N) is 2. The molecule has 2 N–H and O–H groups in total. The van der Waals surface area contributed by atoms with Crippen molar-refractivity contribution < 1.29 is 14.3 Å². The van der Waals surface area contributed by atoms with E-state index in [9.17, 15) is 14.3 Å². The van der Waals surface area contributed by atoms with Gasteiger partial charge in [0, 0.05) is 18.5 Å². The third-order valence-corrected chi connectivity index (χ3v) is 5.55. The van der Waals surface area contributed by atoms with E-state index in [-0.39, 0.29) is 11.4 Å². The maximum absolute atomic E-state index is 13.0. The molecule has 1 aromatic heterocycles. The van der Waals surface area contributed by atoms with Crippen molar-refractivity contribution in [2.45, 2.75) is 19.4 Å².